The van der Waals surface area contributed by atoms with Crippen molar-refractivity contribution < 1.29 is 30.0 Å². The maximum Gasteiger partial charge on any atom is 0.208 e. The van der Waals surface area contributed by atoms with Crippen LogP contribution in [0.4, 0.5) is 0 Å². The van der Waals surface area contributed by atoms with E-state index in [2.05, 4.69) is 0 Å². The van der Waals surface area contributed by atoms with E-state index in [9.17, 15) is 25.2 Å². The zero-order valence-corrected chi connectivity index (χ0v) is 16.2. The first-order chi connectivity index (χ1) is 11.9. The predicted octanol–water partition coefficient (Wildman–Crippen LogP) is 1.42. The molecule has 6 nitrogen and oxygen atoms in total. The quantitative estimate of drug-likeness (QED) is 0.569. The molecule has 146 valence electrons. The van der Waals surface area contributed by atoms with Crippen molar-refractivity contribution in [1.29, 1.82) is 0 Å². The lowest BCUT2D eigenvalue weighted by atomic mass is 9.75. The number of allylic oxidation sites excluding steroid dienone is 2. The van der Waals surface area contributed by atoms with Gasteiger partial charge in [0.1, 0.15) is 17.5 Å². The molecule has 0 spiro atoms. The van der Waals surface area contributed by atoms with Crippen molar-refractivity contribution in [3.05, 3.63) is 34.6 Å². The van der Waals surface area contributed by atoms with Crippen molar-refractivity contribution in [2.24, 2.45) is 11.8 Å². The van der Waals surface area contributed by atoms with E-state index in [4.69, 9.17) is 16.3 Å². The van der Waals surface area contributed by atoms with Crippen LogP contribution in [0.3, 0.4) is 0 Å². The highest BCUT2D eigenvalue weighted by Gasteiger charge is 2.50. The molecule has 0 bridgehead atoms. The normalized spacial score (nSPS) is 34.0. The molecule has 0 fully saturated rings. The van der Waals surface area contributed by atoms with E-state index in [0.717, 1.165) is 0 Å². The highest BCUT2D eigenvalue weighted by atomic mass is 35.5. The summed E-state index contributed by atoms with van der Waals surface area (Å²) >= 11 is 6.10. The zero-order chi connectivity index (χ0) is 19.9. The summed E-state index contributed by atoms with van der Waals surface area (Å²) in [5, 5.41) is 41.0. The molecule has 26 heavy (non-hydrogen) atoms. The molecule has 4 N–H and O–H groups in total. The highest BCUT2D eigenvalue weighted by Crippen LogP contribution is 2.40. The number of hydrogen-bond acceptors (Lipinski definition) is 6. The second kappa shape index (κ2) is 7.44. The summed E-state index contributed by atoms with van der Waals surface area (Å²) in [6, 6.07) is 0. The third-order valence-electron chi connectivity index (χ3n) is 5.36. The van der Waals surface area contributed by atoms with Crippen LogP contribution in [0.5, 0.6) is 0 Å². The van der Waals surface area contributed by atoms with E-state index >= 15 is 0 Å². The van der Waals surface area contributed by atoms with Crippen molar-refractivity contribution >= 4 is 17.4 Å². The molecule has 0 aromatic heterocycles. The van der Waals surface area contributed by atoms with Gasteiger partial charge in [-0.05, 0) is 43.6 Å². The Hall–Kier alpha value is -1.18. The first-order valence-electron chi connectivity index (χ1n) is 8.72. The van der Waals surface area contributed by atoms with E-state index in [1.807, 2.05) is 13.8 Å². The highest BCUT2D eigenvalue weighted by molar-refractivity contribution is 6.44. The van der Waals surface area contributed by atoms with Crippen molar-refractivity contribution in [2.45, 2.75) is 57.5 Å². The number of halogens is 1. The van der Waals surface area contributed by atoms with Crippen molar-refractivity contribution in [1.82, 2.24) is 0 Å². The Morgan fingerprint density at radius 1 is 1.54 bits per heavy atom. The Labute approximate surface area is 158 Å². The number of carbonyl (C=O) groups is 1. The Balaban J connectivity index is 2.29. The molecule has 0 radical (unpaired) electrons. The summed E-state index contributed by atoms with van der Waals surface area (Å²) in [4.78, 5) is 12.2. The minimum absolute atomic E-state index is 0.0301. The molecule has 2 rings (SSSR count). The van der Waals surface area contributed by atoms with Crippen molar-refractivity contribution in [3.8, 4) is 0 Å². The summed E-state index contributed by atoms with van der Waals surface area (Å²) in [7, 11) is 0. The topological polar surface area (TPSA) is 107 Å². The second-order valence-corrected chi connectivity index (χ2v) is 7.92. The van der Waals surface area contributed by atoms with E-state index in [-0.39, 0.29) is 17.6 Å². The predicted molar refractivity (Wildman–Crippen MR) is 97.3 cm³/mol. The summed E-state index contributed by atoms with van der Waals surface area (Å²) in [5.41, 5.74) is -3.02. The Morgan fingerprint density at radius 3 is 2.73 bits per heavy atom. The van der Waals surface area contributed by atoms with E-state index < -0.39 is 35.1 Å². The number of ether oxygens (including phenoxy) is 1. The molecule has 7 heteroatoms. The van der Waals surface area contributed by atoms with Crippen LogP contribution in [0.25, 0.3) is 0 Å². The first-order valence-corrected chi connectivity index (χ1v) is 9.10. The number of aliphatic hydroxyl groups is 4. The van der Waals surface area contributed by atoms with Gasteiger partial charge in [-0.2, -0.15) is 0 Å². The molecule has 0 aromatic rings. The van der Waals surface area contributed by atoms with Gasteiger partial charge >= 0.3 is 0 Å². The van der Waals surface area contributed by atoms with Crippen LogP contribution in [-0.4, -0.2) is 56.2 Å². The van der Waals surface area contributed by atoms with Gasteiger partial charge in [-0.25, -0.2) is 0 Å². The van der Waals surface area contributed by atoms with Gasteiger partial charge in [-0.3, -0.25) is 4.79 Å². The summed E-state index contributed by atoms with van der Waals surface area (Å²) < 4.78 is 5.56. The zero-order valence-electron chi connectivity index (χ0n) is 15.4. The maximum absolute atomic E-state index is 12.2. The van der Waals surface area contributed by atoms with Crippen LogP contribution < -0.4 is 0 Å². The number of hydrogen-bond donors (Lipinski definition) is 4. The molecule has 0 aromatic carbocycles. The van der Waals surface area contributed by atoms with Crippen molar-refractivity contribution in [2.75, 3.05) is 6.61 Å². The van der Waals surface area contributed by atoms with Crippen LogP contribution in [0.1, 0.15) is 34.1 Å². The molecule has 0 saturated heterocycles. The van der Waals surface area contributed by atoms with Crippen LogP contribution >= 0.6 is 11.6 Å². The summed E-state index contributed by atoms with van der Waals surface area (Å²) in [6.07, 6.45) is 2.88. The second-order valence-electron chi connectivity index (χ2n) is 7.54. The maximum atomic E-state index is 12.2. The van der Waals surface area contributed by atoms with Crippen LogP contribution in [0.2, 0.25) is 0 Å². The van der Waals surface area contributed by atoms with Gasteiger partial charge in [0.2, 0.25) is 5.78 Å². The number of fused-ring (bicyclic) bond motifs is 1. The average Bonchev–Trinajstić information content (AvgIpc) is 2.61. The first kappa shape index (κ1) is 21.1. The molecule has 0 amide bonds. The molecule has 1 aliphatic heterocycles. The smallest absolute Gasteiger partial charge is 0.208 e. The van der Waals surface area contributed by atoms with Crippen molar-refractivity contribution in [3.63, 3.8) is 0 Å². The van der Waals surface area contributed by atoms with Gasteiger partial charge in [0.05, 0.1) is 17.7 Å². The molecule has 0 saturated carbocycles. The molecular formula is C19H27ClO6. The molecule has 1 heterocycles. The number of carbonyl (C=O) groups excluding carboxylic acids is 1. The molecule has 0 unspecified atom stereocenters. The van der Waals surface area contributed by atoms with Gasteiger partial charge in [0.25, 0.3) is 0 Å². The fourth-order valence-corrected chi connectivity index (χ4v) is 3.58. The Morgan fingerprint density at radius 2 is 2.15 bits per heavy atom. The Kier molecular flexibility index (Phi) is 6.05. The van der Waals surface area contributed by atoms with Gasteiger partial charge in [-0.15, -0.1) is 0 Å². The third kappa shape index (κ3) is 3.75. The molecule has 1 aliphatic carbocycles. The van der Waals surface area contributed by atoms with Gasteiger partial charge in [0.15, 0.2) is 5.60 Å². The number of aliphatic hydroxyl groups excluding tert-OH is 2. The summed E-state index contributed by atoms with van der Waals surface area (Å²) in [6.45, 7) is 6.53. The fourth-order valence-electron chi connectivity index (χ4n) is 3.19. The minimum atomic E-state index is -1.96. The standard InChI is InChI=1S/C19H27ClO6/c1-5-10(2)15(21)18(3,24)7-6-11-8-12-13(9-26-11)16(22)19(4,25)17(23)14(12)20/h6-8,10,13,15-16,21-22,24-25H,5,9H2,1-4H3/b7-6+/t10-,13-,15+,16+,18+,19+/m1/s1. The lowest BCUT2D eigenvalue weighted by Crippen LogP contribution is -2.55. The minimum Gasteiger partial charge on any atom is -0.493 e. The van der Waals surface area contributed by atoms with Gasteiger partial charge in [-0.1, -0.05) is 31.9 Å². The van der Waals surface area contributed by atoms with Crippen LogP contribution in [0.15, 0.2) is 34.6 Å². The van der Waals surface area contributed by atoms with Gasteiger partial charge in [0, 0.05) is 5.92 Å². The van der Waals surface area contributed by atoms with E-state index in [1.165, 1.54) is 32.1 Å². The summed E-state index contributed by atoms with van der Waals surface area (Å²) in [5.74, 6) is -1.12. The number of rotatable bonds is 5. The van der Waals surface area contributed by atoms with Gasteiger partial charge < -0.3 is 25.2 Å². The lowest BCUT2D eigenvalue weighted by Gasteiger charge is -2.40. The SMILES string of the molecule is CC[C@@H](C)[C@H](O)[C@@](C)(O)/C=C/C1=CC2=C(Cl)C(=O)[C@@](C)(O)[C@@H](O)[C@@H]2CO1. The fraction of sp³-hybridized carbons (Fsp3) is 0.632. The monoisotopic (exact) mass is 386 g/mol. The number of ketones is 1. The lowest BCUT2D eigenvalue weighted by molar-refractivity contribution is -0.150. The van der Waals surface area contributed by atoms with E-state index in [1.54, 1.807) is 0 Å². The number of Topliss-reactive ketones (excluding diaryl/α,β-unsaturated/α-hetero) is 1. The van der Waals surface area contributed by atoms with E-state index in [0.29, 0.717) is 17.8 Å². The van der Waals surface area contributed by atoms with Crippen LogP contribution in [-0.2, 0) is 9.53 Å². The van der Waals surface area contributed by atoms with Crippen LogP contribution in [0, 0.1) is 11.8 Å². The molecule has 6 atom stereocenters. The Bertz CT molecular complexity index is 661. The third-order valence-corrected chi connectivity index (χ3v) is 5.75. The molecular weight excluding hydrogens is 360 g/mol. The largest absolute Gasteiger partial charge is 0.493 e. The average molecular weight is 387 g/mol. The molecule has 2 aliphatic rings.